The van der Waals surface area contributed by atoms with Crippen LogP contribution < -0.4 is 0 Å². The molecule has 0 fully saturated rings. The summed E-state index contributed by atoms with van der Waals surface area (Å²) in [5.41, 5.74) is 1.06. The molecule has 0 aromatic carbocycles. The number of carbonyl (C=O) groups is 1. The molecule has 1 aromatic heterocycles. The van der Waals surface area contributed by atoms with Gasteiger partial charge in [-0.15, -0.1) is 0 Å². The summed E-state index contributed by atoms with van der Waals surface area (Å²) in [4.78, 5) is 10.7. The van der Waals surface area contributed by atoms with Gasteiger partial charge >= 0.3 is 5.97 Å². The molecule has 0 aliphatic rings. The summed E-state index contributed by atoms with van der Waals surface area (Å²) in [6.07, 6.45) is 0. The maximum absolute atomic E-state index is 10.7. The summed E-state index contributed by atoms with van der Waals surface area (Å²) in [6.45, 7) is 7.54. The van der Waals surface area contributed by atoms with E-state index in [9.17, 15) is 4.79 Å². The highest BCUT2D eigenvalue weighted by Crippen LogP contribution is 2.28. The molecule has 0 aliphatic heterocycles. The Labute approximate surface area is 76.5 Å². The number of hydrogen-bond donors (Lipinski definition) is 1. The summed E-state index contributed by atoms with van der Waals surface area (Å²) in [6, 6.07) is 0. The molecule has 0 bridgehead atoms. The molecule has 1 N–H and O–H groups in total. The van der Waals surface area contributed by atoms with Gasteiger partial charge in [-0.05, 0) is 12.3 Å². The van der Waals surface area contributed by atoms with Gasteiger partial charge in [0.15, 0.2) is 0 Å². The summed E-state index contributed by atoms with van der Waals surface area (Å²) in [5, 5.41) is 12.5. The zero-order valence-electron chi connectivity index (χ0n) is 8.21. The van der Waals surface area contributed by atoms with Crippen LogP contribution in [0.15, 0.2) is 4.52 Å². The van der Waals surface area contributed by atoms with Crippen LogP contribution in [0.4, 0.5) is 0 Å². The molecule has 72 valence electrons. The van der Waals surface area contributed by atoms with Crippen molar-refractivity contribution in [3.63, 3.8) is 0 Å². The van der Waals surface area contributed by atoms with Crippen molar-refractivity contribution < 1.29 is 14.4 Å². The van der Waals surface area contributed by atoms with Crippen molar-refractivity contribution in [1.82, 2.24) is 5.16 Å². The van der Waals surface area contributed by atoms with E-state index in [0.717, 1.165) is 0 Å². The first kappa shape index (κ1) is 9.77. The van der Waals surface area contributed by atoms with Crippen molar-refractivity contribution in [3.05, 3.63) is 17.0 Å². The van der Waals surface area contributed by atoms with E-state index in [4.69, 9.17) is 9.63 Å². The van der Waals surface area contributed by atoms with E-state index in [0.29, 0.717) is 11.3 Å². The van der Waals surface area contributed by atoms with Crippen LogP contribution in [0.5, 0.6) is 0 Å². The van der Waals surface area contributed by atoms with Gasteiger partial charge < -0.3 is 9.63 Å². The molecule has 0 radical (unpaired) electrons. The predicted molar refractivity (Wildman–Crippen MR) is 46.9 cm³/mol. The normalized spacial score (nSPS) is 11.7. The highest BCUT2D eigenvalue weighted by molar-refractivity contribution is 5.86. The minimum atomic E-state index is -1.06. The Kier molecular flexibility index (Phi) is 2.15. The van der Waals surface area contributed by atoms with Crippen molar-refractivity contribution >= 4 is 5.97 Å². The van der Waals surface area contributed by atoms with Gasteiger partial charge in [0.25, 0.3) is 0 Å². The van der Waals surface area contributed by atoms with E-state index < -0.39 is 5.97 Å². The van der Waals surface area contributed by atoms with Gasteiger partial charge in [-0.3, -0.25) is 0 Å². The lowest BCUT2D eigenvalue weighted by atomic mass is 9.85. The Morgan fingerprint density at radius 2 is 2.00 bits per heavy atom. The standard InChI is InChI=1S/C9H13NO3/c1-5-6(9(2,3)4)7(8(11)12)13-10-5/h1-4H3,(H,11,12). The second kappa shape index (κ2) is 2.87. The van der Waals surface area contributed by atoms with Crippen molar-refractivity contribution in [3.8, 4) is 0 Å². The van der Waals surface area contributed by atoms with Crippen LogP contribution in [0.1, 0.15) is 42.6 Å². The molecule has 13 heavy (non-hydrogen) atoms. The van der Waals surface area contributed by atoms with E-state index in [1.54, 1.807) is 6.92 Å². The second-order valence-corrected chi connectivity index (χ2v) is 4.03. The molecule has 4 heteroatoms. The van der Waals surface area contributed by atoms with E-state index in [-0.39, 0.29) is 11.2 Å². The van der Waals surface area contributed by atoms with E-state index in [1.807, 2.05) is 20.8 Å². The molecule has 0 unspecified atom stereocenters. The molecular formula is C9H13NO3. The number of aryl methyl sites for hydroxylation is 1. The highest BCUT2D eigenvalue weighted by Gasteiger charge is 2.28. The van der Waals surface area contributed by atoms with Gasteiger partial charge in [0.05, 0.1) is 5.69 Å². The number of nitrogens with zero attached hydrogens (tertiary/aromatic N) is 1. The molecule has 1 aromatic rings. The van der Waals surface area contributed by atoms with E-state index >= 15 is 0 Å². The lowest BCUT2D eigenvalue weighted by molar-refractivity contribution is 0.0648. The van der Waals surface area contributed by atoms with Gasteiger partial charge in [0, 0.05) is 5.56 Å². The van der Waals surface area contributed by atoms with E-state index in [1.165, 1.54) is 0 Å². The Bertz CT molecular complexity index is 333. The van der Waals surface area contributed by atoms with Crippen LogP contribution in [-0.2, 0) is 5.41 Å². The topological polar surface area (TPSA) is 63.3 Å². The SMILES string of the molecule is Cc1noc(C(=O)O)c1C(C)(C)C. The molecular weight excluding hydrogens is 170 g/mol. The van der Waals surface area contributed by atoms with Gasteiger partial charge in [0.2, 0.25) is 5.76 Å². The van der Waals surface area contributed by atoms with Crippen LogP contribution in [-0.4, -0.2) is 16.2 Å². The molecule has 0 amide bonds. The molecule has 0 saturated heterocycles. The molecule has 1 heterocycles. The third kappa shape index (κ3) is 1.71. The number of hydrogen-bond acceptors (Lipinski definition) is 3. The van der Waals surface area contributed by atoms with Crippen molar-refractivity contribution in [2.75, 3.05) is 0 Å². The number of carboxylic acids is 1. The Morgan fingerprint density at radius 1 is 1.46 bits per heavy atom. The van der Waals surface area contributed by atoms with Crippen LogP contribution in [0.25, 0.3) is 0 Å². The first-order valence-electron chi connectivity index (χ1n) is 4.04. The van der Waals surface area contributed by atoms with Gasteiger partial charge in [-0.1, -0.05) is 25.9 Å². The first-order valence-corrected chi connectivity index (χ1v) is 4.04. The summed E-state index contributed by atoms with van der Waals surface area (Å²) in [7, 11) is 0. The zero-order chi connectivity index (χ0) is 10.2. The third-order valence-electron chi connectivity index (χ3n) is 1.81. The van der Waals surface area contributed by atoms with Crippen molar-refractivity contribution in [1.29, 1.82) is 0 Å². The van der Waals surface area contributed by atoms with Crippen LogP contribution in [0, 0.1) is 6.92 Å². The van der Waals surface area contributed by atoms with Gasteiger partial charge in [-0.25, -0.2) is 4.79 Å². The maximum Gasteiger partial charge on any atom is 0.375 e. The summed E-state index contributed by atoms with van der Waals surface area (Å²) in [5.74, 6) is -1.12. The van der Waals surface area contributed by atoms with E-state index in [2.05, 4.69) is 5.16 Å². The third-order valence-corrected chi connectivity index (χ3v) is 1.81. The average molecular weight is 183 g/mol. The number of rotatable bonds is 1. The Balaban J connectivity index is 3.33. The molecule has 4 nitrogen and oxygen atoms in total. The first-order chi connectivity index (χ1) is 5.84. The fourth-order valence-corrected chi connectivity index (χ4v) is 1.40. The Morgan fingerprint density at radius 3 is 2.31 bits per heavy atom. The number of carboxylic acid groups (broad SMARTS) is 1. The average Bonchev–Trinajstić information content (AvgIpc) is 2.28. The second-order valence-electron chi connectivity index (χ2n) is 4.03. The van der Waals surface area contributed by atoms with Crippen LogP contribution >= 0.6 is 0 Å². The summed E-state index contributed by atoms with van der Waals surface area (Å²) < 4.78 is 4.73. The summed E-state index contributed by atoms with van der Waals surface area (Å²) >= 11 is 0. The number of aromatic nitrogens is 1. The maximum atomic E-state index is 10.7. The fraction of sp³-hybridized carbons (Fsp3) is 0.556. The van der Waals surface area contributed by atoms with Gasteiger partial charge in [0.1, 0.15) is 0 Å². The quantitative estimate of drug-likeness (QED) is 0.723. The van der Waals surface area contributed by atoms with Gasteiger partial charge in [-0.2, -0.15) is 0 Å². The monoisotopic (exact) mass is 183 g/mol. The molecule has 0 aliphatic carbocycles. The smallest absolute Gasteiger partial charge is 0.375 e. The lowest BCUT2D eigenvalue weighted by Crippen LogP contribution is -2.16. The molecule has 0 saturated carbocycles. The molecule has 0 atom stereocenters. The van der Waals surface area contributed by atoms with Crippen molar-refractivity contribution in [2.45, 2.75) is 33.1 Å². The predicted octanol–water partition coefficient (Wildman–Crippen LogP) is 1.98. The number of aromatic carboxylic acids is 1. The lowest BCUT2D eigenvalue weighted by Gasteiger charge is -2.17. The van der Waals surface area contributed by atoms with Crippen LogP contribution in [0.2, 0.25) is 0 Å². The molecule has 0 spiro atoms. The highest BCUT2D eigenvalue weighted by atomic mass is 16.5. The fourth-order valence-electron chi connectivity index (χ4n) is 1.40. The Hall–Kier alpha value is -1.32. The minimum absolute atomic E-state index is 0.0509. The minimum Gasteiger partial charge on any atom is -0.475 e. The van der Waals surface area contributed by atoms with Crippen LogP contribution in [0.3, 0.4) is 0 Å². The molecule has 1 rings (SSSR count). The largest absolute Gasteiger partial charge is 0.475 e. The zero-order valence-corrected chi connectivity index (χ0v) is 8.21. The van der Waals surface area contributed by atoms with Crippen molar-refractivity contribution in [2.24, 2.45) is 0 Å².